The zero-order valence-corrected chi connectivity index (χ0v) is 14.1. The lowest BCUT2D eigenvalue weighted by atomic mass is 10.2. The molecule has 1 N–H and O–H groups in total. The number of nitrogens with zero attached hydrogens (tertiary/aromatic N) is 2. The summed E-state index contributed by atoms with van der Waals surface area (Å²) in [4.78, 5) is 14.8. The maximum atomic E-state index is 13.4. The normalized spacial score (nSPS) is 10.8. The number of benzene rings is 2. The van der Waals surface area contributed by atoms with Gasteiger partial charge in [0.2, 0.25) is 0 Å². The number of nitrogens with one attached hydrogen (secondary N) is 1. The molecule has 0 aliphatic rings. The van der Waals surface area contributed by atoms with Gasteiger partial charge in [0.1, 0.15) is 10.8 Å². The van der Waals surface area contributed by atoms with Crippen molar-refractivity contribution in [1.29, 1.82) is 0 Å². The molecule has 0 fully saturated rings. The largest absolute Gasteiger partial charge is 0.312 e. The quantitative estimate of drug-likeness (QED) is 0.391. The molecule has 7 heteroatoms. The van der Waals surface area contributed by atoms with Gasteiger partial charge in [-0.2, -0.15) is 0 Å². The Labute approximate surface area is 148 Å². The summed E-state index contributed by atoms with van der Waals surface area (Å²) < 4.78 is 13.4. The van der Waals surface area contributed by atoms with Crippen molar-refractivity contribution in [1.82, 2.24) is 10.3 Å². The molecule has 25 heavy (non-hydrogen) atoms. The van der Waals surface area contributed by atoms with Crippen LogP contribution in [0.4, 0.5) is 10.1 Å². The van der Waals surface area contributed by atoms with E-state index in [0.717, 1.165) is 28.8 Å². The van der Waals surface area contributed by atoms with Crippen LogP contribution in [-0.2, 0) is 13.0 Å². The summed E-state index contributed by atoms with van der Waals surface area (Å²) in [5.74, 6) is -0.599. The maximum absolute atomic E-state index is 13.4. The van der Waals surface area contributed by atoms with Gasteiger partial charge in [-0.05, 0) is 11.6 Å². The summed E-state index contributed by atoms with van der Waals surface area (Å²) in [7, 11) is 0. The molecule has 0 bridgehead atoms. The first-order chi connectivity index (χ1) is 12.1. The highest BCUT2D eigenvalue weighted by molar-refractivity contribution is 7.13. The van der Waals surface area contributed by atoms with Crippen molar-refractivity contribution in [3.05, 3.63) is 81.1 Å². The molecule has 0 spiro atoms. The molecule has 3 rings (SSSR count). The molecule has 0 amide bonds. The van der Waals surface area contributed by atoms with Crippen LogP contribution in [0.1, 0.15) is 11.3 Å². The smallest absolute Gasteiger partial charge is 0.272 e. The van der Waals surface area contributed by atoms with E-state index < -0.39 is 10.7 Å². The van der Waals surface area contributed by atoms with E-state index in [9.17, 15) is 14.5 Å². The lowest BCUT2D eigenvalue weighted by Gasteiger charge is -2.04. The van der Waals surface area contributed by atoms with Crippen LogP contribution in [-0.4, -0.2) is 16.5 Å². The number of aromatic nitrogens is 1. The Balaban J connectivity index is 1.52. The van der Waals surface area contributed by atoms with Gasteiger partial charge < -0.3 is 5.32 Å². The number of halogens is 1. The Hall–Kier alpha value is -2.64. The van der Waals surface area contributed by atoms with Crippen molar-refractivity contribution in [2.45, 2.75) is 13.0 Å². The third kappa shape index (κ3) is 4.68. The lowest BCUT2D eigenvalue weighted by molar-refractivity contribution is -0.385. The van der Waals surface area contributed by atoms with E-state index >= 15 is 0 Å². The number of hydrogen-bond acceptors (Lipinski definition) is 5. The molecule has 1 heterocycles. The fourth-order valence-corrected chi connectivity index (χ4v) is 3.29. The van der Waals surface area contributed by atoms with Crippen LogP contribution >= 0.6 is 11.3 Å². The van der Waals surface area contributed by atoms with Crippen LogP contribution < -0.4 is 5.32 Å². The molecule has 0 aliphatic carbocycles. The van der Waals surface area contributed by atoms with E-state index in [1.165, 1.54) is 12.1 Å². The second-order valence-electron chi connectivity index (χ2n) is 5.51. The van der Waals surface area contributed by atoms with Crippen molar-refractivity contribution in [2.75, 3.05) is 6.54 Å². The summed E-state index contributed by atoms with van der Waals surface area (Å²) in [6, 6.07) is 13.6. The molecule has 0 saturated heterocycles. The lowest BCUT2D eigenvalue weighted by Crippen LogP contribution is -2.17. The molecule has 5 nitrogen and oxygen atoms in total. The number of non-ortho nitro benzene ring substituents is 1. The molecule has 0 saturated carbocycles. The number of rotatable bonds is 7. The Morgan fingerprint density at radius 3 is 2.76 bits per heavy atom. The van der Waals surface area contributed by atoms with Gasteiger partial charge in [0.05, 0.1) is 16.7 Å². The number of nitro groups is 1. The van der Waals surface area contributed by atoms with E-state index in [2.05, 4.69) is 10.3 Å². The van der Waals surface area contributed by atoms with Crippen LogP contribution in [0.15, 0.2) is 53.9 Å². The van der Waals surface area contributed by atoms with Gasteiger partial charge in [-0.3, -0.25) is 10.1 Å². The molecule has 3 aromatic rings. The van der Waals surface area contributed by atoms with E-state index in [0.29, 0.717) is 18.7 Å². The highest BCUT2D eigenvalue weighted by Crippen LogP contribution is 2.23. The molecule has 128 valence electrons. The molecule has 0 radical (unpaired) electrons. The predicted octanol–water partition coefficient (Wildman–Crippen LogP) is 4.19. The highest BCUT2D eigenvalue weighted by Gasteiger charge is 2.09. The van der Waals surface area contributed by atoms with Gasteiger partial charge in [-0.15, -0.1) is 11.3 Å². The van der Waals surface area contributed by atoms with Gasteiger partial charge in [0.15, 0.2) is 0 Å². The first kappa shape index (κ1) is 17.2. The molecular weight excluding hydrogens is 341 g/mol. The van der Waals surface area contributed by atoms with Gasteiger partial charge in [-0.25, -0.2) is 9.37 Å². The second kappa shape index (κ2) is 7.96. The Morgan fingerprint density at radius 2 is 2.00 bits per heavy atom. The minimum Gasteiger partial charge on any atom is -0.312 e. The monoisotopic (exact) mass is 357 g/mol. The topological polar surface area (TPSA) is 68.1 Å². The van der Waals surface area contributed by atoms with E-state index in [1.807, 2.05) is 35.7 Å². The Morgan fingerprint density at radius 1 is 1.20 bits per heavy atom. The van der Waals surface area contributed by atoms with E-state index in [4.69, 9.17) is 0 Å². The van der Waals surface area contributed by atoms with Gasteiger partial charge >= 0.3 is 0 Å². The fourth-order valence-electron chi connectivity index (χ4n) is 2.43. The number of hydrogen-bond donors (Lipinski definition) is 1. The minimum absolute atomic E-state index is 0.233. The van der Waals surface area contributed by atoms with Gasteiger partial charge in [0.25, 0.3) is 5.69 Å². The van der Waals surface area contributed by atoms with E-state index in [-0.39, 0.29) is 5.69 Å². The standard InChI is InChI=1S/C18H16FN3O2S/c19-15-8-13(9-17(10-15)22(23)24)11-20-7-6-16-12-25-18(21-16)14-4-2-1-3-5-14/h1-5,8-10,12,20H,6-7,11H2. The van der Waals surface area contributed by atoms with Gasteiger partial charge in [-0.1, -0.05) is 30.3 Å². The summed E-state index contributed by atoms with van der Waals surface area (Å²) in [5, 5.41) is 16.9. The first-order valence-electron chi connectivity index (χ1n) is 7.76. The van der Waals surface area contributed by atoms with Crippen LogP contribution in [0.2, 0.25) is 0 Å². The Bertz CT molecular complexity index is 868. The van der Waals surface area contributed by atoms with Crippen LogP contribution in [0.5, 0.6) is 0 Å². The third-order valence-electron chi connectivity index (χ3n) is 3.61. The molecule has 1 aromatic heterocycles. The summed E-state index contributed by atoms with van der Waals surface area (Å²) in [6.07, 6.45) is 0.737. The number of thiazole rings is 1. The number of nitro benzene ring substituents is 1. The first-order valence-corrected chi connectivity index (χ1v) is 8.64. The predicted molar refractivity (Wildman–Crippen MR) is 96.0 cm³/mol. The van der Waals surface area contributed by atoms with E-state index in [1.54, 1.807) is 11.3 Å². The minimum atomic E-state index is -0.599. The Kier molecular flexibility index (Phi) is 5.47. The zero-order chi connectivity index (χ0) is 17.6. The van der Waals surface area contributed by atoms with Crippen LogP contribution in [0.3, 0.4) is 0 Å². The molecule has 0 atom stereocenters. The van der Waals surface area contributed by atoms with Crippen molar-refractivity contribution in [3.8, 4) is 10.6 Å². The average molecular weight is 357 g/mol. The molecule has 0 unspecified atom stereocenters. The summed E-state index contributed by atoms with van der Waals surface area (Å²) >= 11 is 1.60. The summed E-state index contributed by atoms with van der Waals surface area (Å²) in [5.41, 5.74) is 2.40. The van der Waals surface area contributed by atoms with Crippen molar-refractivity contribution >= 4 is 17.0 Å². The highest BCUT2D eigenvalue weighted by atomic mass is 32.1. The van der Waals surface area contributed by atoms with Crippen molar-refractivity contribution in [3.63, 3.8) is 0 Å². The molecular formula is C18H16FN3O2S. The SMILES string of the molecule is O=[N+]([O-])c1cc(F)cc(CNCCc2csc(-c3ccccc3)n2)c1. The van der Waals surface area contributed by atoms with Crippen LogP contribution in [0.25, 0.3) is 10.6 Å². The summed E-state index contributed by atoms with van der Waals surface area (Å²) in [6.45, 7) is 1.02. The third-order valence-corrected chi connectivity index (χ3v) is 4.55. The maximum Gasteiger partial charge on any atom is 0.272 e. The van der Waals surface area contributed by atoms with Crippen LogP contribution in [0, 0.1) is 15.9 Å². The van der Waals surface area contributed by atoms with Crippen molar-refractivity contribution in [2.24, 2.45) is 0 Å². The second-order valence-corrected chi connectivity index (χ2v) is 6.37. The molecule has 2 aromatic carbocycles. The zero-order valence-electron chi connectivity index (χ0n) is 13.3. The average Bonchev–Trinajstić information content (AvgIpc) is 3.08. The van der Waals surface area contributed by atoms with Gasteiger partial charge in [0, 0.05) is 36.5 Å². The molecule has 0 aliphatic heterocycles. The van der Waals surface area contributed by atoms with Crippen molar-refractivity contribution < 1.29 is 9.31 Å². The fraction of sp³-hybridized carbons (Fsp3) is 0.167.